The summed E-state index contributed by atoms with van der Waals surface area (Å²) >= 11 is 0. The lowest BCUT2D eigenvalue weighted by Gasteiger charge is -2.19. The van der Waals surface area contributed by atoms with Crippen LogP contribution < -0.4 is 5.32 Å². The largest absolute Gasteiger partial charge is 0.353 e. The average molecular weight is 195 g/mol. The third-order valence-electron chi connectivity index (χ3n) is 3.85. The molecule has 2 heteroatoms. The maximum absolute atomic E-state index is 11.8. The van der Waals surface area contributed by atoms with Gasteiger partial charge in [-0.2, -0.15) is 0 Å². The van der Waals surface area contributed by atoms with Gasteiger partial charge >= 0.3 is 0 Å². The topological polar surface area (TPSA) is 29.1 Å². The van der Waals surface area contributed by atoms with Crippen LogP contribution in [-0.4, -0.2) is 11.9 Å². The van der Waals surface area contributed by atoms with E-state index in [2.05, 4.69) is 26.1 Å². The van der Waals surface area contributed by atoms with Gasteiger partial charge in [-0.05, 0) is 37.5 Å². The molecule has 0 aromatic heterocycles. The molecule has 0 heterocycles. The molecule has 2 fully saturated rings. The van der Waals surface area contributed by atoms with Gasteiger partial charge in [0.1, 0.15) is 0 Å². The van der Waals surface area contributed by atoms with E-state index in [1.54, 1.807) is 0 Å². The first-order valence-electron chi connectivity index (χ1n) is 5.72. The van der Waals surface area contributed by atoms with Crippen molar-refractivity contribution in [1.29, 1.82) is 0 Å². The van der Waals surface area contributed by atoms with Crippen LogP contribution in [0.4, 0.5) is 0 Å². The SMILES string of the molecule is CC1(C)CCC(NC(=O)C2(C)CC2)C1. The van der Waals surface area contributed by atoms with E-state index in [9.17, 15) is 4.79 Å². The van der Waals surface area contributed by atoms with E-state index in [1.165, 1.54) is 6.42 Å². The fraction of sp³-hybridized carbons (Fsp3) is 0.917. The summed E-state index contributed by atoms with van der Waals surface area (Å²) in [5.74, 6) is 0.292. The van der Waals surface area contributed by atoms with Gasteiger partial charge in [-0.15, -0.1) is 0 Å². The van der Waals surface area contributed by atoms with Gasteiger partial charge in [-0.3, -0.25) is 4.79 Å². The van der Waals surface area contributed by atoms with Crippen LogP contribution in [0.2, 0.25) is 0 Å². The van der Waals surface area contributed by atoms with Crippen molar-refractivity contribution < 1.29 is 4.79 Å². The summed E-state index contributed by atoms with van der Waals surface area (Å²) in [7, 11) is 0. The Morgan fingerprint density at radius 3 is 2.29 bits per heavy atom. The zero-order valence-electron chi connectivity index (χ0n) is 9.52. The smallest absolute Gasteiger partial charge is 0.226 e. The molecule has 0 aromatic carbocycles. The van der Waals surface area contributed by atoms with Crippen LogP contribution in [0, 0.1) is 10.8 Å². The lowest BCUT2D eigenvalue weighted by Crippen LogP contribution is -2.37. The lowest BCUT2D eigenvalue weighted by atomic mass is 9.92. The number of amides is 1. The quantitative estimate of drug-likeness (QED) is 0.720. The molecule has 2 rings (SSSR count). The number of carbonyl (C=O) groups excluding carboxylic acids is 1. The minimum Gasteiger partial charge on any atom is -0.353 e. The maximum Gasteiger partial charge on any atom is 0.226 e. The van der Waals surface area contributed by atoms with Crippen molar-refractivity contribution in [3.05, 3.63) is 0 Å². The van der Waals surface area contributed by atoms with E-state index in [0.29, 0.717) is 17.4 Å². The molecule has 1 unspecified atom stereocenters. The predicted octanol–water partition coefficient (Wildman–Crippen LogP) is 2.48. The van der Waals surface area contributed by atoms with Crippen LogP contribution in [0.5, 0.6) is 0 Å². The second kappa shape index (κ2) is 2.98. The summed E-state index contributed by atoms with van der Waals surface area (Å²) in [5.41, 5.74) is 0.426. The normalized spacial score (nSPS) is 32.6. The van der Waals surface area contributed by atoms with E-state index in [-0.39, 0.29) is 5.41 Å². The van der Waals surface area contributed by atoms with Crippen LogP contribution in [0.1, 0.15) is 52.9 Å². The third kappa shape index (κ3) is 1.94. The van der Waals surface area contributed by atoms with Gasteiger partial charge in [0.2, 0.25) is 5.91 Å². The molecule has 0 saturated heterocycles. The Kier molecular flexibility index (Phi) is 2.13. The molecule has 0 bridgehead atoms. The van der Waals surface area contributed by atoms with Gasteiger partial charge in [0.25, 0.3) is 0 Å². The molecular weight excluding hydrogens is 174 g/mol. The number of carbonyl (C=O) groups is 1. The molecule has 2 aliphatic rings. The number of nitrogens with one attached hydrogen (secondary N) is 1. The van der Waals surface area contributed by atoms with E-state index in [1.807, 2.05) is 0 Å². The maximum atomic E-state index is 11.8. The second-order valence-electron chi connectivity index (χ2n) is 6.14. The molecule has 2 saturated carbocycles. The van der Waals surface area contributed by atoms with Crippen molar-refractivity contribution in [3.63, 3.8) is 0 Å². The van der Waals surface area contributed by atoms with Crippen LogP contribution in [0.3, 0.4) is 0 Å². The van der Waals surface area contributed by atoms with Crippen LogP contribution in [0.15, 0.2) is 0 Å². The molecule has 0 radical (unpaired) electrons. The second-order valence-corrected chi connectivity index (χ2v) is 6.14. The standard InChI is InChI=1S/C12H21NO/c1-11(2)5-4-9(8-11)13-10(14)12(3)6-7-12/h9H,4-8H2,1-3H3,(H,13,14). The number of hydrogen-bond acceptors (Lipinski definition) is 1. The predicted molar refractivity (Wildman–Crippen MR) is 56.9 cm³/mol. The van der Waals surface area contributed by atoms with Crippen LogP contribution in [0.25, 0.3) is 0 Å². The number of rotatable bonds is 2. The molecule has 0 aromatic rings. The molecule has 0 spiro atoms. The minimum absolute atomic E-state index is 0.00721. The van der Waals surface area contributed by atoms with E-state index in [4.69, 9.17) is 0 Å². The Bertz CT molecular complexity index is 253. The highest BCUT2D eigenvalue weighted by Gasteiger charge is 2.46. The van der Waals surface area contributed by atoms with Crippen molar-refractivity contribution in [2.45, 2.75) is 58.9 Å². The van der Waals surface area contributed by atoms with Gasteiger partial charge in [-0.25, -0.2) is 0 Å². The highest BCUT2D eigenvalue weighted by atomic mass is 16.2. The molecule has 80 valence electrons. The van der Waals surface area contributed by atoms with Gasteiger partial charge in [-0.1, -0.05) is 20.8 Å². The minimum atomic E-state index is -0.00721. The van der Waals surface area contributed by atoms with Crippen LogP contribution in [-0.2, 0) is 4.79 Å². The van der Waals surface area contributed by atoms with Gasteiger partial charge in [0, 0.05) is 11.5 Å². The molecule has 2 nitrogen and oxygen atoms in total. The summed E-state index contributed by atoms with van der Waals surface area (Å²) in [5, 5.41) is 3.20. The highest BCUT2D eigenvalue weighted by Crippen LogP contribution is 2.46. The molecule has 2 aliphatic carbocycles. The molecule has 0 aliphatic heterocycles. The Morgan fingerprint density at radius 1 is 1.21 bits per heavy atom. The van der Waals surface area contributed by atoms with E-state index < -0.39 is 0 Å². The van der Waals surface area contributed by atoms with Crippen LogP contribution >= 0.6 is 0 Å². The zero-order valence-corrected chi connectivity index (χ0v) is 9.52. The third-order valence-corrected chi connectivity index (χ3v) is 3.85. The van der Waals surface area contributed by atoms with E-state index >= 15 is 0 Å². The lowest BCUT2D eigenvalue weighted by molar-refractivity contribution is -0.126. The van der Waals surface area contributed by atoms with Crippen molar-refractivity contribution >= 4 is 5.91 Å². The average Bonchev–Trinajstić information content (AvgIpc) is 2.72. The molecule has 14 heavy (non-hydrogen) atoms. The van der Waals surface area contributed by atoms with Crippen molar-refractivity contribution in [1.82, 2.24) is 5.32 Å². The Morgan fingerprint density at radius 2 is 1.86 bits per heavy atom. The number of hydrogen-bond donors (Lipinski definition) is 1. The molecule has 1 N–H and O–H groups in total. The summed E-state index contributed by atoms with van der Waals surface area (Å²) < 4.78 is 0. The summed E-state index contributed by atoms with van der Waals surface area (Å²) in [6.07, 6.45) is 5.71. The molecule has 1 atom stereocenters. The van der Waals surface area contributed by atoms with Crippen molar-refractivity contribution in [2.24, 2.45) is 10.8 Å². The molecular formula is C12H21NO. The van der Waals surface area contributed by atoms with Gasteiger partial charge < -0.3 is 5.32 Å². The molecule has 1 amide bonds. The zero-order chi connectivity index (χ0) is 10.4. The summed E-state index contributed by atoms with van der Waals surface area (Å²) in [4.78, 5) is 11.8. The van der Waals surface area contributed by atoms with Crippen molar-refractivity contribution in [2.75, 3.05) is 0 Å². The monoisotopic (exact) mass is 195 g/mol. The first-order valence-corrected chi connectivity index (χ1v) is 5.72. The Labute approximate surface area is 86.5 Å². The Balaban J connectivity index is 1.85. The first-order chi connectivity index (χ1) is 6.41. The highest BCUT2D eigenvalue weighted by molar-refractivity contribution is 5.85. The van der Waals surface area contributed by atoms with E-state index in [0.717, 1.165) is 25.7 Å². The first kappa shape index (κ1) is 10.0. The van der Waals surface area contributed by atoms with Gasteiger partial charge in [0.15, 0.2) is 0 Å². The fourth-order valence-electron chi connectivity index (χ4n) is 2.33. The fourth-order valence-corrected chi connectivity index (χ4v) is 2.33. The summed E-state index contributed by atoms with van der Waals surface area (Å²) in [6.45, 7) is 6.65. The van der Waals surface area contributed by atoms with Gasteiger partial charge in [0.05, 0.1) is 0 Å². The van der Waals surface area contributed by atoms with Crippen molar-refractivity contribution in [3.8, 4) is 0 Å². The Hall–Kier alpha value is -0.530. The summed E-state index contributed by atoms with van der Waals surface area (Å²) in [6, 6.07) is 0.440.